The Morgan fingerprint density at radius 3 is 2.57 bits per heavy atom. The summed E-state index contributed by atoms with van der Waals surface area (Å²) >= 11 is 3.26. The number of hydrogen-bond acceptors (Lipinski definition) is 1. The van der Waals surface area contributed by atoms with Crippen LogP contribution in [0.15, 0.2) is 46.9 Å². The van der Waals surface area contributed by atoms with Gasteiger partial charge in [0, 0.05) is 17.6 Å². The van der Waals surface area contributed by atoms with Gasteiger partial charge in [0.2, 0.25) is 0 Å². The molecule has 0 atom stereocenters. The third-order valence-electron chi connectivity index (χ3n) is 3.45. The molecule has 2 aromatic rings. The Morgan fingerprint density at radius 1 is 1.24 bits per heavy atom. The molecule has 0 saturated carbocycles. The maximum absolute atomic E-state index is 13.1. The van der Waals surface area contributed by atoms with Gasteiger partial charge in [-0.1, -0.05) is 24.3 Å². The number of halogens is 2. The van der Waals surface area contributed by atoms with Crippen LogP contribution in [0.4, 0.5) is 4.39 Å². The minimum Gasteiger partial charge on any atom is -0.335 e. The summed E-state index contributed by atoms with van der Waals surface area (Å²) in [5.74, 6) is -0.465. The Bertz CT molecular complexity index is 657. The van der Waals surface area contributed by atoms with Gasteiger partial charge >= 0.3 is 0 Å². The molecule has 2 rings (SSSR count). The topological polar surface area (TPSA) is 20.3 Å². The zero-order valence-electron chi connectivity index (χ0n) is 12.1. The van der Waals surface area contributed by atoms with Crippen LogP contribution in [-0.2, 0) is 6.54 Å². The molecule has 0 fully saturated rings. The van der Waals surface area contributed by atoms with Crippen LogP contribution < -0.4 is 0 Å². The lowest BCUT2D eigenvalue weighted by Crippen LogP contribution is -2.30. The summed E-state index contributed by atoms with van der Waals surface area (Å²) in [6.07, 6.45) is 0. The molecule has 21 heavy (non-hydrogen) atoms. The molecule has 0 saturated heterocycles. The Labute approximate surface area is 132 Å². The van der Waals surface area contributed by atoms with E-state index in [-0.39, 0.29) is 11.7 Å². The van der Waals surface area contributed by atoms with E-state index in [9.17, 15) is 9.18 Å². The van der Waals surface area contributed by atoms with Crippen LogP contribution >= 0.6 is 15.9 Å². The number of hydrogen-bond donors (Lipinski definition) is 0. The SMILES string of the molecule is CCN(Cc1ccccc1C)C(=O)c1ccc(F)cc1Br. The van der Waals surface area contributed by atoms with Crippen molar-refractivity contribution in [1.82, 2.24) is 4.90 Å². The molecule has 0 aliphatic rings. The molecule has 0 heterocycles. The molecular formula is C17H17BrFNO. The Hall–Kier alpha value is -1.68. The van der Waals surface area contributed by atoms with Gasteiger partial charge in [-0.25, -0.2) is 4.39 Å². The number of carbonyl (C=O) groups is 1. The molecule has 0 bridgehead atoms. The summed E-state index contributed by atoms with van der Waals surface area (Å²) in [6, 6.07) is 12.1. The van der Waals surface area contributed by atoms with E-state index >= 15 is 0 Å². The van der Waals surface area contributed by atoms with Crippen molar-refractivity contribution in [1.29, 1.82) is 0 Å². The smallest absolute Gasteiger partial charge is 0.255 e. The van der Waals surface area contributed by atoms with Crippen molar-refractivity contribution >= 4 is 21.8 Å². The number of nitrogens with zero attached hydrogens (tertiary/aromatic N) is 1. The third kappa shape index (κ3) is 3.70. The number of aryl methyl sites for hydroxylation is 1. The van der Waals surface area contributed by atoms with Crippen LogP contribution in [0.1, 0.15) is 28.4 Å². The van der Waals surface area contributed by atoms with Crippen LogP contribution in [0.25, 0.3) is 0 Å². The van der Waals surface area contributed by atoms with Crippen molar-refractivity contribution in [3.05, 3.63) is 69.4 Å². The molecule has 0 radical (unpaired) electrons. The highest BCUT2D eigenvalue weighted by molar-refractivity contribution is 9.10. The first-order valence-corrected chi connectivity index (χ1v) is 7.61. The fourth-order valence-corrected chi connectivity index (χ4v) is 2.67. The van der Waals surface area contributed by atoms with Crippen molar-refractivity contribution in [2.24, 2.45) is 0 Å². The summed E-state index contributed by atoms with van der Waals surface area (Å²) in [5, 5.41) is 0. The second kappa shape index (κ2) is 6.85. The molecule has 2 aromatic carbocycles. The predicted molar refractivity (Wildman–Crippen MR) is 85.7 cm³/mol. The van der Waals surface area contributed by atoms with E-state index in [0.717, 1.165) is 11.1 Å². The summed E-state index contributed by atoms with van der Waals surface area (Å²) < 4.78 is 13.6. The first-order chi connectivity index (χ1) is 10.0. The second-order valence-corrected chi connectivity index (χ2v) is 5.72. The van der Waals surface area contributed by atoms with E-state index in [0.29, 0.717) is 23.1 Å². The molecule has 0 aromatic heterocycles. The Balaban J connectivity index is 2.25. The van der Waals surface area contributed by atoms with Gasteiger partial charge in [-0.15, -0.1) is 0 Å². The highest BCUT2D eigenvalue weighted by Gasteiger charge is 2.18. The zero-order valence-corrected chi connectivity index (χ0v) is 13.7. The summed E-state index contributed by atoms with van der Waals surface area (Å²) in [6.45, 7) is 5.11. The minimum atomic E-state index is -0.361. The average Bonchev–Trinajstić information content (AvgIpc) is 2.46. The molecule has 4 heteroatoms. The fraction of sp³-hybridized carbons (Fsp3) is 0.235. The molecular weight excluding hydrogens is 333 g/mol. The highest BCUT2D eigenvalue weighted by atomic mass is 79.9. The Morgan fingerprint density at radius 2 is 1.95 bits per heavy atom. The second-order valence-electron chi connectivity index (χ2n) is 4.87. The van der Waals surface area contributed by atoms with Gasteiger partial charge in [-0.05, 0) is 59.1 Å². The number of benzene rings is 2. The van der Waals surface area contributed by atoms with Crippen molar-refractivity contribution in [2.75, 3.05) is 6.54 Å². The van der Waals surface area contributed by atoms with Crippen molar-refractivity contribution in [2.45, 2.75) is 20.4 Å². The van der Waals surface area contributed by atoms with Crippen LogP contribution in [0.3, 0.4) is 0 Å². The maximum atomic E-state index is 13.1. The lowest BCUT2D eigenvalue weighted by Gasteiger charge is -2.22. The van der Waals surface area contributed by atoms with Gasteiger partial charge in [0.25, 0.3) is 5.91 Å². The van der Waals surface area contributed by atoms with E-state index in [1.807, 2.05) is 38.1 Å². The van der Waals surface area contributed by atoms with Crippen molar-refractivity contribution in [3.63, 3.8) is 0 Å². The first kappa shape index (κ1) is 15.7. The van der Waals surface area contributed by atoms with E-state index in [1.165, 1.54) is 18.2 Å². The van der Waals surface area contributed by atoms with Crippen LogP contribution in [0, 0.1) is 12.7 Å². The molecule has 110 valence electrons. The number of carbonyl (C=O) groups excluding carboxylic acids is 1. The molecule has 1 amide bonds. The molecule has 0 aliphatic carbocycles. The minimum absolute atomic E-state index is 0.104. The van der Waals surface area contributed by atoms with Gasteiger partial charge in [-0.2, -0.15) is 0 Å². The lowest BCUT2D eigenvalue weighted by atomic mass is 10.1. The summed E-state index contributed by atoms with van der Waals surface area (Å²) in [7, 11) is 0. The zero-order chi connectivity index (χ0) is 15.4. The molecule has 0 spiro atoms. The quantitative estimate of drug-likeness (QED) is 0.792. The lowest BCUT2D eigenvalue weighted by molar-refractivity contribution is 0.0751. The fourth-order valence-electron chi connectivity index (χ4n) is 2.15. The molecule has 0 unspecified atom stereocenters. The molecule has 0 N–H and O–H groups in total. The van der Waals surface area contributed by atoms with Gasteiger partial charge < -0.3 is 4.90 Å². The van der Waals surface area contributed by atoms with Gasteiger partial charge in [-0.3, -0.25) is 4.79 Å². The highest BCUT2D eigenvalue weighted by Crippen LogP contribution is 2.21. The van der Waals surface area contributed by atoms with E-state index in [2.05, 4.69) is 15.9 Å². The van der Waals surface area contributed by atoms with Gasteiger partial charge in [0.15, 0.2) is 0 Å². The predicted octanol–water partition coefficient (Wildman–Crippen LogP) is 4.56. The third-order valence-corrected chi connectivity index (χ3v) is 4.11. The van der Waals surface area contributed by atoms with Crippen LogP contribution in [0.5, 0.6) is 0 Å². The van der Waals surface area contributed by atoms with E-state index in [1.54, 1.807) is 4.90 Å². The largest absolute Gasteiger partial charge is 0.335 e. The van der Waals surface area contributed by atoms with Gasteiger partial charge in [0.1, 0.15) is 5.82 Å². The van der Waals surface area contributed by atoms with Crippen molar-refractivity contribution < 1.29 is 9.18 Å². The standard InChI is InChI=1S/C17H17BrFNO/c1-3-20(11-13-7-5-4-6-12(13)2)17(21)15-9-8-14(19)10-16(15)18/h4-10H,3,11H2,1-2H3. The number of amides is 1. The van der Waals surface area contributed by atoms with E-state index in [4.69, 9.17) is 0 Å². The van der Waals surface area contributed by atoms with Crippen molar-refractivity contribution in [3.8, 4) is 0 Å². The number of rotatable bonds is 4. The monoisotopic (exact) mass is 349 g/mol. The Kier molecular flexibility index (Phi) is 5.12. The summed E-state index contributed by atoms with van der Waals surface area (Å²) in [5.41, 5.74) is 2.75. The van der Waals surface area contributed by atoms with Crippen LogP contribution in [-0.4, -0.2) is 17.4 Å². The van der Waals surface area contributed by atoms with E-state index < -0.39 is 0 Å². The summed E-state index contributed by atoms with van der Waals surface area (Å²) in [4.78, 5) is 14.3. The van der Waals surface area contributed by atoms with Crippen LogP contribution in [0.2, 0.25) is 0 Å². The maximum Gasteiger partial charge on any atom is 0.255 e. The normalized spacial score (nSPS) is 10.5. The molecule has 0 aliphatic heterocycles. The molecule has 2 nitrogen and oxygen atoms in total. The average molecular weight is 350 g/mol. The van der Waals surface area contributed by atoms with Gasteiger partial charge in [0.05, 0.1) is 5.56 Å². The first-order valence-electron chi connectivity index (χ1n) is 6.81.